The summed E-state index contributed by atoms with van der Waals surface area (Å²) in [5.41, 5.74) is 0.246. The van der Waals surface area contributed by atoms with Crippen LogP contribution in [0.25, 0.3) is 0 Å². The van der Waals surface area contributed by atoms with Crippen molar-refractivity contribution in [2.45, 2.75) is 38.8 Å². The van der Waals surface area contributed by atoms with Gasteiger partial charge in [0.2, 0.25) is 5.91 Å². The number of esters is 1. The number of methoxy groups -OCH3 is 1. The van der Waals surface area contributed by atoms with Crippen molar-refractivity contribution in [2.24, 2.45) is 0 Å². The SMILES string of the molecule is COC(=O)c1ccc(C[C@H](NC(=O)OC(C)(C)C)C(=O)N(C)CC(=O)O)cc1. The van der Waals surface area contributed by atoms with Crippen LogP contribution >= 0.6 is 0 Å². The lowest BCUT2D eigenvalue weighted by molar-refractivity contribution is -0.144. The lowest BCUT2D eigenvalue weighted by atomic mass is 10.0. The van der Waals surface area contributed by atoms with Gasteiger partial charge in [-0.05, 0) is 38.5 Å². The Balaban J connectivity index is 2.99. The number of hydrogen-bond acceptors (Lipinski definition) is 6. The average molecular weight is 394 g/mol. The fourth-order valence-corrected chi connectivity index (χ4v) is 2.33. The van der Waals surface area contributed by atoms with E-state index >= 15 is 0 Å². The molecule has 0 aliphatic heterocycles. The largest absolute Gasteiger partial charge is 0.480 e. The number of rotatable bonds is 7. The van der Waals surface area contributed by atoms with Crippen LogP contribution in [0.3, 0.4) is 0 Å². The molecule has 1 atom stereocenters. The van der Waals surface area contributed by atoms with E-state index in [1.165, 1.54) is 26.3 Å². The summed E-state index contributed by atoms with van der Waals surface area (Å²) in [6.07, 6.45) is -0.704. The fraction of sp³-hybridized carbons (Fsp3) is 0.474. The maximum absolute atomic E-state index is 12.6. The highest BCUT2D eigenvalue weighted by atomic mass is 16.6. The van der Waals surface area contributed by atoms with E-state index in [1.807, 2.05) is 0 Å². The molecule has 9 heteroatoms. The molecular formula is C19H26N2O7. The average Bonchev–Trinajstić information content (AvgIpc) is 2.58. The van der Waals surface area contributed by atoms with E-state index in [0.717, 1.165) is 4.90 Å². The van der Waals surface area contributed by atoms with Gasteiger partial charge in [0.15, 0.2) is 0 Å². The number of nitrogens with one attached hydrogen (secondary N) is 1. The van der Waals surface area contributed by atoms with Crippen LogP contribution < -0.4 is 5.32 Å². The molecular weight excluding hydrogens is 368 g/mol. The molecule has 1 rings (SSSR count). The Bertz CT molecular complexity index is 723. The van der Waals surface area contributed by atoms with Crippen LogP contribution in [0.1, 0.15) is 36.7 Å². The first-order valence-electron chi connectivity index (χ1n) is 8.56. The molecule has 1 aromatic rings. The molecule has 0 saturated carbocycles. The highest BCUT2D eigenvalue weighted by Gasteiger charge is 2.27. The highest BCUT2D eigenvalue weighted by Crippen LogP contribution is 2.11. The number of aliphatic carboxylic acids is 1. The maximum Gasteiger partial charge on any atom is 0.408 e. The van der Waals surface area contributed by atoms with Crippen LogP contribution in [-0.4, -0.2) is 66.3 Å². The van der Waals surface area contributed by atoms with Gasteiger partial charge in [-0.1, -0.05) is 12.1 Å². The minimum Gasteiger partial charge on any atom is -0.480 e. The first-order chi connectivity index (χ1) is 12.9. The number of ether oxygens (including phenoxy) is 2. The third-order valence-electron chi connectivity index (χ3n) is 3.55. The molecule has 0 heterocycles. The predicted octanol–water partition coefficient (Wildman–Crippen LogP) is 1.45. The first kappa shape index (κ1) is 22.9. The number of benzene rings is 1. The second-order valence-electron chi connectivity index (χ2n) is 7.18. The Hall–Kier alpha value is -3.10. The summed E-state index contributed by atoms with van der Waals surface area (Å²) in [5.74, 6) is -2.24. The molecule has 1 aromatic carbocycles. The third kappa shape index (κ3) is 7.65. The van der Waals surface area contributed by atoms with Crippen molar-refractivity contribution in [1.82, 2.24) is 10.2 Å². The molecule has 0 aromatic heterocycles. The van der Waals surface area contributed by atoms with Crippen molar-refractivity contribution in [3.8, 4) is 0 Å². The normalized spacial score (nSPS) is 11.9. The quantitative estimate of drug-likeness (QED) is 0.671. The minimum absolute atomic E-state index is 0.0868. The van der Waals surface area contributed by atoms with Crippen molar-refractivity contribution in [2.75, 3.05) is 20.7 Å². The zero-order valence-corrected chi connectivity index (χ0v) is 16.6. The van der Waals surface area contributed by atoms with E-state index in [9.17, 15) is 19.2 Å². The van der Waals surface area contributed by atoms with Gasteiger partial charge >= 0.3 is 18.0 Å². The molecule has 2 N–H and O–H groups in total. The Kier molecular flexibility index (Phi) is 7.97. The monoisotopic (exact) mass is 394 g/mol. The van der Waals surface area contributed by atoms with Crippen LogP contribution in [0.15, 0.2) is 24.3 Å². The number of likely N-dealkylation sites (N-methyl/N-ethyl adjacent to an activating group) is 1. The highest BCUT2D eigenvalue weighted by molar-refractivity contribution is 5.90. The van der Waals surface area contributed by atoms with Gasteiger partial charge < -0.3 is 24.8 Å². The second-order valence-corrected chi connectivity index (χ2v) is 7.18. The van der Waals surface area contributed by atoms with Gasteiger partial charge in [0.05, 0.1) is 12.7 Å². The number of amides is 2. The smallest absolute Gasteiger partial charge is 0.408 e. The van der Waals surface area contributed by atoms with E-state index in [4.69, 9.17) is 9.84 Å². The number of carboxylic acid groups (broad SMARTS) is 1. The molecule has 0 fully saturated rings. The topological polar surface area (TPSA) is 122 Å². The number of hydrogen-bond donors (Lipinski definition) is 2. The fourth-order valence-electron chi connectivity index (χ4n) is 2.33. The summed E-state index contributed by atoms with van der Waals surface area (Å²) in [4.78, 5) is 48.1. The molecule has 28 heavy (non-hydrogen) atoms. The maximum atomic E-state index is 12.6. The van der Waals surface area contributed by atoms with Gasteiger partial charge in [0, 0.05) is 13.5 Å². The Morgan fingerprint density at radius 2 is 1.71 bits per heavy atom. The van der Waals surface area contributed by atoms with Crippen molar-refractivity contribution in [3.63, 3.8) is 0 Å². The van der Waals surface area contributed by atoms with E-state index in [1.54, 1.807) is 32.9 Å². The summed E-state index contributed by atoms with van der Waals surface area (Å²) in [7, 11) is 2.61. The van der Waals surface area contributed by atoms with Crippen LogP contribution in [0.4, 0.5) is 4.79 Å². The zero-order chi connectivity index (χ0) is 21.5. The lowest BCUT2D eigenvalue weighted by Gasteiger charge is -2.26. The zero-order valence-electron chi connectivity index (χ0n) is 16.6. The van der Waals surface area contributed by atoms with Gasteiger partial charge in [-0.15, -0.1) is 0 Å². The summed E-state index contributed by atoms with van der Waals surface area (Å²) in [6, 6.07) is 5.29. The van der Waals surface area contributed by atoms with Crippen LogP contribution in [0.2, 0.25) is 0 Å². The van der Waals surface area contributed by atoms with Gasteiger partial charge in [0.25, 0.3) is 0 Å². The molecule has 0 spiro atoms. The standard InChI is InChI=1S/C19H26N2O7/c1-19(2,3)28-18(26)20-14(16(24)21(4)11-15(22)23)10-12-6-8-13(9-7-12)17(25)27-5/h6-9,14H,10-11H2,1-5H3,(H,20,26)(H,22,23)/t14-/m0/s1. The van der Waals surface area contributed by atoms with Crippen LogP contribution in [0, 0.1) is 0 Å². The van der Waals surface area contributed by atoms with E-state index in [0.29, 0.717) is 11.1 Å². The summed E-state index contributed by atoms with van der Waals surface area (Å²) >= 11 is 0. The molecule has 0 aliphatic rings. The first-order valence-corrected chi connectivity index (χ1v) is 8.56. The second kappa shape index (κ2) is 9.72. The molecule has 0 aliphatic carbocycles. The van der Waals surface area contributed by atoms with Crippen molar-refractivity contribution < 1.29 is 33.8 Å². The molecule has 154 valence electrons. The van der Waals surface area contributed by atoms with Gasteiger partial charge in [0.1, 0.15) is 18.2 Å². The molecule has 0 radical (unpaired) electrons. The Morgan fingerprint density at radius 3 is 2.18 bits per heavy atom. The summed E-state index contributed by atoms with van der Waals surface area (Å²) in [5, 5.41) is 11.4. The van der Waals surface area contributed by atoms with Crippen LogP contribution in [0.5, 0.6) is 0 Å². The number of alkyl carbamates (subject to hydrolysis) is 1. The molecule has 0 saturated heterocycles. The van der Waals surface area contributed by atoms with Crippen molar-refractivity contribution >= 4 is 23.9 Å². The molecule has 9 nitrogen and oxygen atoms in total. The molecule has 0 unspecified atom stereocenters. The van der Waals surface area contributed by atoms with Crippen molar-refractivity contribution in [3.05, 3.63) is 35.4 Å². The van der Waals surface area contributed by atoms with Crippen LogP contribution in [-0.2, 0) is 25.5 Å². The van der Waals surface area contributed by atoms with E-state index in [2.05, 4.69) is 10.1 Å². The minimum atomic E-state index is -1.17. The van der Waals surface area contributed by atoms with Gasteiger partial charge in [-0.3, -0.25) is 9.59 Å². The Labute approximate surface area is 163 Å². The number of nitrogens with zero attached hydrogens (tertiary/aromatic N) is 1. The molecule has 2 amide bonds. The number of carbonyl (C=O) groups excluding carboxylic acids is 3. The van der Waals surface area contributed by atoms with Gasteiger partial charge in [-0.25, -0.2) is 9.59 Å². The predicted molar refractivity (Wildman–Crippen MR) is 99.9 cm³/mol. The molecule has 0 bridgehead atoms. The van der Waals surface area contributed by atoms with Crippen molar-refractivity contribution in [1.29, 1.82) is 0 Å². The number of carboxylic acids is 1. The lowest BCUT2D eigenvalue weighted by Crippen LogP contribution is -2.50. The third-order valence-corrected chi connectivity index (χ3v) is 3.55. The van der Waals surface area contributed by atoms with E-state index in [-0.39, 0.29) is 6.42 Å². The van der Waals surface area contributed by atoms with Gasteiger partial charge in [-0.2, -0.15) is 0 Å². The Morgan fingerprint density at radius 1 is 1.14 bits per heavy atom. The summed E-state index contributed by atoms with van der Waals surface area (Å²) in [6.45, 7) is 4.55. The summed E-state index contributed by atoms with van der Waals surface area (Å²) < 4.78 is 9.82. The van der Waals surface area contributed by atoms with E-state index < -0.39 is 42.1 Å². The number of carbonyl (C=O) groups is 4.